The first-order chi connectivity index (χ1) is 13.9. The average Bonchev–Trinajstić information content (AvgIpc) is 2.75. The second-order valence-corrected chi connectivity index (χ2v) is 7.82. The van der Waals surface area contributed by atoms with Crippen LogP contribution in [0.4, 0.5) is 0 Å². The molecule has 0 saturated carbocycles. The molecule has 0 unspecified atom stereocenters. The summed E-state index contributed by atoms with van der Waals surface area (Å²) in [6.45, 7) is 6.70. The van der Waals surface area contributed by atoms with Crippen molar-refractivity contribution < 1.29 is 19.0 Å². The molecule has 1 N–H and O–H groups in total. The Morgan fingerprint density at radius 2 is 1.69 bits per heavy atom. The number of carbonyl (C=O) groups excluding carboxylic acids is 1. The van der Waals surface area contributed by atoms with Crippen molar-refractivity contribution in [1.29, 1.82) is 0 Å². The highest BCUT2D eigenvalue weighted by atomic mass is 16.5. The van der Waals surface area contributed by atoms with E-state index in [9.17, 15) is 4.79 Å². The van der Waals surface area contributed by atoms with Crippen LogP contribution in [-0.4, -0.2) is 50.8 Å². The van der Waals surface area contributed by atoms with Gasteiger partial charge in [-0.3, -0.25) is 9.69 Å². The number of benzene rings is 2. The molecule has 1 heterocycles. The molecular weight excluding hydrogens is 368 g/mol. The van der Waals surface area contributed by atoms with Crippen LogP contribution in [-0.2, 0) is 13.0 Å². The molecule has 0 aliphatic carbocycles. The molecule has 6 nitrogen and oxygen atoms in total. The van der Waals surface area contributed by atoms with Crippen LogP contribution in [0.1, 0.15) is 35.3 Å². The fourth-order valence-electron chi connectivity index (χ4n) is 3.80. The van der Waals surface area contributed by atoms with Crippen molar-refractivity contribution in [2.75, 3.05) is 34.4 Å². The molecule has 0 spiro atoms. The Labute approximate surface area is 172 Å². The fourth-order valence-corrected chi connectivity index (χ4v) is 3.80. The molecule has 0 fully saturated rings. The highest BCUT2D eigenvalue weighted by Gasteiger charge is 2.31. The molecule has 2 aromatic carbocycles. The van der Waals surface area contributed by atoms with Gasteiger partial charge in [0.05, 0.1) is 26.9 Å². The third kappa shape index (κ3) is 4.32. The number of fused-ring (bicyclic) bond motifs is 1. The molecule has 0 aromatic heterocycles. The quantitative estimate of drug-likeness (QED) is 0.776. The van der Waals surface area contributed by atoms with Crippen LogP contribution >= 0.6 is 0 Å². The third-order valence-electron chi connectivity index (χ3n) is 5.62. The number of hydrogen-bond acceptors (Lipinski definition) is 5. The van der Waals surface area contributed by atoms with Gasteiger partial charge in [0.2, 0.25) is 5.75 Å². The van der Waals surface area contributed by atoms with Gasteiger partial charge >= 0.3 is 0 Å². The summed E-state index contributed by atoms with van der Waals surface area (Å²) in [6.07, 6.45) is 1.02. The Bertz CT molecular complexity index is 879. The maximum atomic E-state index is 12.9. The molecule has 0 bridgehead atoms. The molecule has 0 saturated heterocycles. The summed E-state index contributed by atoms with van der Waals surface area (Å²) in [5.41, 5.74) is 3.01. The lowest BCUT2D eigenvalue weighted by molar-refractivity contribution is 0.0823. The van der Waals surface area contributed by atoms with Crippen molar-refractivity contribution in [1.82, 2.24) is 10.2 Å². The summed E-state index contributed by atoms with van der Waals surface area (Å²) < 4.78 is 16.1. The van der Waals surface area contributed by atoms with E-state index in [4.69, 9.17) is 14.2 Å². The van der Waals surface area contributed by atoms with Crippen molar-refractivity contribution >= 4 is 5.91 Å². The van der Waals surface area contributed by atoms with Gasteiger partial charge in [-0.05, 0) is 43.5 Å². The van der Waals surface area contributed by atoms with Gasteiger partial charge in [0.25, 0.3) is 5.91 Å². The molecule has 3 rings (SSSR count). The first-order valence-electron chi connectivity index (χ1n) is 9.80. The van der Waals surface area contributed by atoms with Crippen molar-refractivity contribution in [3.63, 3.8) is 0 Å². The van der Waals surface area contributed by atoms with Crippen LogP contribution in [0.25, 0.3) is 0 Å². The topological polar surface area (TPSA) is 60.0 Å². The zero-order valence-corrected chi connectivity index (χ0v) is 17.9. The van der Waals surface area contributed by atoms with E-state index in [0.29, 0.717) is 29.4 Å². The van der Waals surface area contributed by atoms with Crippen molar-refractivity contribution in [3.8, 4) is 17.2 Å². The first-order valence-corrected chi connectivity index (χ1v) is 9.80. The molecule has 0 radical (unpaired) electrons. The van der Waals surface area contributed by atoms with E-state index in [-0.39, 0.29) is 11.4 Å². The van der Waals surface area contributed by atoms with Gasteiger partial charge in [0, 0.05) is 25.2 Å². The number of rotatable bonds is 7. The summed E-state index contributed by atoms with van der Waals surface area (Å²) in [4.78, 5) is 15.3. The standard InChI is InChI=1S/C23H30N2O4/c1-23(2,25-13-12-16-8-6-7-9-17(16)14-25)15-24-22(26)18-10-11-19(27-3)21(29-5)20(18)28-4/h6-11H,12-15H2,1-5H3,(H,24,26). The summed E-state index contributed by atoms with van der Waals surface area (Å²) in [7, 11) is 4.60. The second-order valence-electron chi connectivity index (χ2n) is 7.82. The van der Waals surface area contributed by atoms with Gasteiger partial charge in [-0.1, -0.05) is 24.3 Å². The Kier molecular flexibility index (Phi) is 6.33. The predicted molar refractivity (Wildman–Crippen MR) is 113 cm³/mol. The molecule has 156 valence electrons. The van der Waals surface area contributed by atoms with E-state index < -0.39 is 0 Å². The lowest BCUT2D eigenvalue weighted by atomic mass is 9.94. The molecule has 0 atom stereocenters. The molecule has 1 aliphatic heterocycles. The van der Waals surface area contributed by atoms with Crippen LogP contribution in [0.15, 0.2) is 36.4 Å². The lowest BCUT2D eigenvalue weighted by Gasteiger charge is -2.41. The van der Waals surface area contributed by atoms with Gasteiger partial charge < -0.3 is 19.5 Å². The number of methoxy groups -OCH3 is 3. The van der Waals surface area contributed by atoms with E-state index in [1.54, 1.807) is 19.2 Å². The van der Waals surface area contributed by atoms with Crippen LogP contribution in [0.3, 0.4) is 0 Å². The SMILES string of the molecule is COc1ccc(C(=O)NCC(C)(C)N2CCc3ccccc3C2)c(OC)c1OC. The summed E-state index contributed by atoms with van der Waals surface area (Å²) >= 11 is 0. The minimum Gasteiger partial charge on any atom is -0.493 e. The zero-order valence-electron chi connectivity index (χ0n) is 17.9. The molecule has 1 aliphatic rings. The average molecular weight is 399 g/mol. The van der Waals surface area contributed by atoms with Crippen LogP contribution in [0.2, 0.25) is 0 Å². The normalized spacial score (nSPS) is 14.1. The summed E-state index contributed by atoms with van der Waals surface area (Å²) in [5.74, 6) is 1.10. The monoisotopic (exact) mass is 398 g/mol. The van der Waals surface area contributed by atoms with Crippen LogP contribution < -0.4 is 19.5 Å². The van der Waals surface area contributed by atoms with E-state index in [1.165, 1.54) is 25.3 Å². The Balaban J connectivity index is 1.72. The Morgan fingerprint density at radius 3 is 2.34 bits per heavy atom. The van der Waals surface area contributed by atoms with Crippen LogP contribution in [0.5, 0.6) is 17.2 Å². The van der Waals surface area contributed by atoms with E-state index in [1.807, 2.05) is 0 Å². The Morgan fingerprint density at radius 1 is 1.00 bits per heavy atom. The van der Waals surface area contributed by atoms with Crippen molar-refractivity contribution in [3.05, 3.63) is 53.1 Å². The molecule has 29 heavy (non-hydrogen) atoms. The maximum absolute atomic E-state index is 12.9. The number of carbonyl (C=O) groups is 1. The van der Waals surface area contributed by atoms with Gasteiger partial charge in [0.1, 0.15) is 0 Å². The Hall–Kier alpha value is -2.73. The molecule has 1 amide bonds. The number of ether oxygens (including phenoxy) is 3. The zero-order chi connectivity index (χ0) is 21.0. The summed E-state index contributed by atoms with van der Waals surface area (Å²) in [6, 6.07) is 12.0. The highest BCUT2D eigenvalue weighted by Crippen LogP contribution is 2.39. The number of hydrogen-bond donors (Lipinski definition) is 1. The van der Waals surface area contributed by atoms with Crippen LogP contribution in [0, 0.1) is 0 Å². The van der Waals surface area contributed by atoms with E-state index >= 15 is 0 Å². The third-order valence-corrected chi connectivity index (χ3v) is 5.62. The number of nitrogens with one attached hydrogen (secondary N) is 1. The van der Waals surface area contributed by atoms with E-state index in [0.717, 1.165) is 19.5 Å². The predicted octanol–water partition coefficient (Wildman–Crippen LogP) is 3.28. The molecule has 6 heteroatoms. The summed E-state index contributed by atoms with van der Waals surface area (Å²) in [5, 5.41) is 3.07. The minimum atomic E-state index is -0.201. The van der Waals surface area contributed by atoms with E-state index in [2.05, 4.69) is 48.3 Å². The number of nitrogens with zero attached hydrogens (tertiary/aromatic N) is 1. The lowest BCUT2D eigenvalue weighted by Crippen LogP contribution is -2.53. The molecular formula is C23H30N2O4. The van der Waals surface area contributed by atoms with Crippen molar-refractivity contribution in [2.24, 2.45) is 0 Å². The van der Waals surface area contributed by atoms with Crippen molar-refractivity contribution in [2.45, 2.75) is 32.4 Å². The highest BCUT2D eigenvalue weighted by molar-refractivity contribution is 5.98. The van der Waals surface area contributed by atoms with Gasteiger partial charge in [-0.2, -0.15) is 0 Å². The van der Waals surface area contributed by atoms with Gasteiger partial charge in [-0.25, -0.2) is 0 Å². The fraction of sp³-hybridized carbons (Fsp3) is 0.435. The first kappa shape index (κ1) is 21.0. The largest absolute Gasteiger partial charge is 0.493 e. The van der Waals surface area contributed by atoms with Gasteiger partial charge in [0.15, 0.2) is 11.5 Å². The smallest absolute Gasteiger partial charge is 0.255 e. The number of amides is 1. The molecule has 2 aromatic rings. The maximum Gasteiger partial charge on any atom is 0.255 e. The minimum absolute atomic E-state index is 0.188. The second kappa shape index (κ2) is 8.74. The van der Waals surface area contributed by atoms with Gasteiger partial charge in [-0.15, -0.1) is 0 Å².